The van der Waals surface area contributed by atoms with E-state index in [4.69, 9.17) is 5.84 Å². The van der Waals surface area contributed by atoms with E-state index in [1.165, 1.54) is 0 Å². The lowest BCUT2D eigenvalue weighted by Crippen LogP contribution is -2.33. The molecule has 0 aromatic carbocycles. The van der Waals surface area contributed by atoms with Gasteiger partial charge < -0.3 is 0 Å². The number of hydrogen-bond acceptors (Lipinski definition) is 2. The van der Waals surface area contributed by atoms with E-state index >= 15 is 0 Å². The van der Waals surface area contributed by atoms with Crippen LogP contribution in [0.25, 0.3) is 0 Å². The molecule has 9 heavy (non-hydrogen) atoms. The van der Waals surface area contributed by atoms with E-state index < -0.39 is 0 Å². The van der Waals surface area contributed by atoms with Gasteiger partial charge in [0.05, 0.1) is 0 Å². The quantitative estimate of drug-likeness (QED) is 0.331. The number of hydrogen-bond donors (Lipinski definition) is 2. The SMILES string of the molecule is CC#CCC(CC)NN. The minimum absolute atomic E-state index is 0.359. The van der Waals surface area contributed by atoms with Gasteiger partial charge in [0.1, 0.15) is 0 Å². The Morgan fingerprint density at radius 2 is 2.33 bits per heavy atom. The zero-order valence-electron chi connectivity index (χ0n) is 6.07. The second-order valence-electron chi connectivity index (χ2n) is 1.90. The molecule has 0 saturated carbocycles. The largest absolute Gasteiger partial charge is 0.271 e. The van der Waals surface area contributed by atoms with Gasteiger partial charge in [0, 0.05) is 12.5 Å². The molecule has 2 nitrogen and oxygen atoms in total. The molecule has 0 heterocycles. The van der Waals surface area contributed by atoms with E-state index in [-0.39, 0.29) is 0 Å². The average Bonchev–Trinajstić information content (AvgIpc) is 1.91. The Morgan fingerprint density at radius 3 is 2.67 bits per heavy atom. The first-order valence-electron chi connectivity index (χ1n) is 3.20. The summed E-state index contributed by atoms with van der Waals surface area (Å²) in [5.74, 6) is 11.0. The van der Waals surface area contributed by atoms with Crippen molar-refractivity contribution >= 4 is 0 Å². The summed E-state index contributed by atoms with van der Waals surface area (Å²) in [6, 6.07) is 0.359. The second kappa shape index (κ2) is 5.61. The first kappa shape index (κ1) is 8.48. The van der Waals surface area contributed by atoms with Gasteiger partial charge in [-0.25, -0.2) is 0 Å². The maximum Gasteiger partial charge on any atom is 0.0317 e. The van der Waals surface area contributed by atoms with Gasteiger partial charge in [-0.15, -0.1) is 11.8 Å². The van der Waals surface area contributed by atoms with E-state index in [2.05, 4.69) is 24.2 Å². The van der Waals surface area contributed by atoms with Crippen LogP contribution in [0.5, 0.6) is 0 Å². The average molecular weight is 126 g/mol. The third kappa shape index (κ3) is 4.01. The van der Waals surface area contributed by atoms with Gasteiger partial charge in [-0.05, 0) is 13.3 Å². The standard InChI is InChI=1S/C7H14N2/c1-3-5-6-7(4-2)9-8/h7,9H,4,6,8H2,1-2H3. The normalized spacial score (nSPS) is 11.9. The van der Waals surface area contributed by atoms with Gasteiger partial charge in [-0.3, -0.25) is 11.3 Å². The summed E-state index contributed by atoms with van der Waals surface area (Å²) in [5.41, 5.74) is 2.68. The maximum absolute atomic E-state index is 5.21. The monoisotopic (exact) mass is 126 g/mol. The molecular formula is C7H14N2. The lowest BCUT2D eigenvalue weighted by atomic mass is 10.2. The molecule has 0 amide bonds. The predicted molar refractivity (Wildman–Crippen MR) is 39.5 cm³/mol. The number of hydrazine groups is 1. The van der Waals surface area contributed by atoms with Crippen molar-refractivity contribution in [3.63, 3.8) is 0 Å². The topological polar surface area (TPSA) is 38.0 Å². The van der Waals surface area contributed by atoms with Crippen molar-refractivity contribution < 1.29 is 0 Å². The fraction of sp³-hybridized carbons (Fsp3) is 0.714. The molecule has 0 aromatic heterocycles. The van der Waals surface area contributed by atoms with Crippen molar-refractivity contribution in [3.05, 3.63) is 0 Å². The van der Waals surface area contributed by atoms with E-state index in [0.29, 0.717) is 6.04 Å². The van der Waals surface area contributed by atoms with E-state index in [1.54, 1.807) is 0 Å². The zero-order valence-corrected chi connectivity index (χ0v) is 6.07. The van der Waals surface area contributed by atoms with Gasteiger partial charge in [-0.2, -0.15) is 0 Å². The smallest absolute Gasteiger partial charge is 0.0317 e. The first-order chi connectivity index (χ1) is 4.35. The molecule has 1 unspecified atom stereocenters. The minimum Gasteiger partial charge on any atom is -0.271 e. The molecule has 1 atom stereocenters. The third-order valence-corrected chi connectivity index (χ3v) is 1.25. The molecule has 2 heteroatoms. The van der Waals surface area contributed by atoms with E-state index in [0.717, 1.165) is 12.8 Å². The summed E-state index contributed by atoms with van der Waals surface area (Å²) in [6.45, 7) is 3.92. The highest BCUT2D eigenvalue weighted by Gasteiger charge is 1.97. The Kier molecular flexibility index (Phi) is 5.29. The van der Waals surface area contributed by atoms with Crippen LogP contribution in [0.2, 0.25) is 0 Å². The van der Waals surface area contributed by atoms with Crippen LogP contribution in [-0.2, 0) is 0 Å². The van der Waals surface area contributed by atoms with Crippen molar-refractivity contribution in [2.75, 3.05) is 0 Å². The molecule has 0 radical (unpaired) electrons. The molecule has 0 aromatic rings. The lowest BCUT2D eigenvalue weighted by molar-refractivity contribution is 0.525. The molecule has 0 fully saturated rings. The Hall–Kier alpha value is -0.520. The highest BCUT2D eigenvalue weighted by molar-refractivity contribution is 4.97. The molecule has 0 rings (SSSR count). The fourth-order valence-corrected chi connectivity index (χ4v) is 0.546. The van der Waals surface area contributed by atoms with Gasteiger partial charge in [0.15, 0.2) is 0 Å². The Bertz CT molecular complexity index is 106. The van der Waals surface area contributed by atoms with Crippen LogP contribution in [0.3, 0.4) is 0 Å². The molecule has 0 aliphatic heterocycles. The van der Waals surface area contributed by atoms with E-state index in [1.807, 2.05) is 6.92 Å². The van der Waals surface area contributed by atoms with Crippen LogP contribution >= 0.6 is 0 Å². The van der Waals surface area contributed by atoms with Crippen molar-refractivity contribution in [3.8, 4) is 11.8 Å². The maximum atomic E-state index is 5.21. The molecule has 0 bridgehead atoms. The van der Waals surface area contributed by atoms with Crippen LogP contribution < -0.4 is 11.3 Å². The highest BCUT2D eigenvalue weighted by atomic mass is 15.2. The molecule has 3 N–H and O–H groups in total. The Labute approximate surface area is 56.8 Å². The van der Waals surface area contributed by atoms with Crippen LogP contribution in [0.15, 0.2) is 0 Å². The van der Waals surface area contributed by atoms with Gasteiger partial charge >= 0.3 is 0 Å². The summed E-state index contributed by atoms with van der Waals surface area (Å²) in [4.78, 5) is 0. The van der Waals surface area contributed by atoms with Crippen LogP contribution in [-0.4, -0.2) is 6.04 Å². The van der Waals surface area contributed by atoms with Crippen LogP contribution in [0.1, 0.15) is 26.7 Å². The number of rotatable bonds is 3. The second-order valence-corrected chi connectivity index (χ2v) is 1.90. The van der Waals surface area contributed by atoms with Gasteiger partial charge in [-0.1, -0.05) is 6.92 Å². The highest BCUT2D eigenvalue weighted by Crippen LogP contribution is 1.92. The van der Waals surface area contributed by atoms with Crippen molar-refractivity contribution in [2.45, 2.75) is 32.7 Å². The molecule has 52 valence electrons. The van der Waals surface area contributed by atoms with Crippen molar-refractivity contribution in [1.82, 2.24) is 5.43 Å². The van der Waals surface area contributed by atoms with Crippen molar-refractivity contribution in [1.29, 1.82) is 0 Å². The zero-order chi connectivity index (χ0) is 7.11. The summed E-state index contributed by atoms with van der Waals surface area (Å²) < 4.78 is 0. The molecule has 0 spiro atoms. The van der Waals surface area contributed by atoms with E-state index in [9.17, 15) is 0 Å². The Morgan fingerprint density at radius 1 is 1.67 bits per heavy atom. The summed E-state index contributed by atoms with van der Waals surface area (Å²) in [5, 5.41) is 0. The third-order valence-electron chi connectivity index (χ3n) is 1.25. The number of nitrogens with two attached hydrogens (primary N) is 1. The number of nitrogens with one attached hydrogen (secondary N) is 1. The summed E-state index contributed by atoms with van der Waals surface area (Å²) in [7, 11) is 0. The van der Waals surface area contributed by atoms with Crippen LogP contribution in [0, 0.1) is 11.8 Å². The minimum atomic E-state index is 0.359. The molecule has 0 aliphatic rings. The molecule has 0 aliphatic carbocycles. The first-order valence-corrected chi connectivity index (χ1v) is 3.20. The van der Waals surface area contributed by atoms with Gasteiger partial charge in [0.2, 0.25) is 0 Å². The summed E-state index contributed by atoms with van der Waals surface area (Å²) in [6.07, 6.45) is 1.88. The fourth-order valence-electron chi connectivity index (χ4n) is 0.546. The molecule has 0 saturated heterocycles. The summed E-state index contributed by atoms with van der Waals surface area (Å²) >= 11 is 0. The van der Waals surface area contributed by atoms with Crippen molar-refractivity contribution in [2.24, 2.45) is 5.84 Å². The lowest BCUT2D eigenvalue weighted by Gasteiger charge is -2.07. The Balaban J connectivity index is 3.39. The molecular weight excluding hydrogens is 112 g/mol. The predicted octanol–water partition coefficient (Wildman–Crippen LogP) is 0.642. The van der Waals surface area contributed by atoms with Gasteiger partial charge in [0.25, 0.3) is 0 Å². The van der Waals surface area contributed by atoms with Crippen LogP contribution in [0.4, 0.5) is 0 Å².